The molecule has 0 aliphatic heterocycles. The van der Waals surface area contributed by atoms with E-state index in [-0.39, 0.29) is 28.6 Å². The molecule has 0 bridgehead atoms. The van der Waals surface area contributed by atoms with Gasteiger partial charge < -0.3 is 9.53 Å². The van der Waals surface area contributed by atoms with E-state index in [4.69, 9.17) is 16.3 Å². The summed E-state index contributed by atoms with van der Waals surface area (Å²) < 4.78 is 50.2. The van der Waals surface area contributed by atoms with Crippen LogP contribution in [0.5, 0.6) is 5.75 Å². The minimum atomic E-state index is -3.96. The Morgan fingerprint density at radius 1 is 1.17 bits per heavy atom. The second kappa shape index (κ2) is 10.2. The average Bonchev–Trinajstić information content (AvgIpc) is 3.37. The Balaban J connectivity index is 1.71. The molecule has 0 fully saturated rings. The number of carbonyl (C=O) groups excluding carboxylic acids is 1. The van der Waals surface area contributed by atoms with E-state index in [1.165, 1.54) is 43.6 Å². The van der Waals surface area contributed by atoms with Crippen molar-refractivity contribution in [1.29, 1.82) is 0 Å². The van der Waals surface area contributed by atoms with Crippen LogP contribution in [0.3, 0.4) is 0 Å². The number of nitrogens with zero attached hydrogens (tertiary/aromatic N) is 3. The van der Waals surface area contributed by atoms with Gasteiger partial charge in [0.25, 0.3) is 10.0 Å². The summed E-state index contributed by atoms with van der Waals surface area (Å²) in [6.07, 6.45) is 6.02. The fourth-order valence-corrected chi connectivity index (χ4v) is 5.37. The van der Waals surface area contributed by atoms with Gasteiger partial charge in [-0.2, -0.15) is 5.10 Å². The monoisotopic (exact) mass is 517 g/mol. The van der Waals surface area contributed by atoms with Crippen LogP contribution in [0, 0.1) is 12.7 Å². The predicted octanol–water partition coefficient (Wildman–Crippen LogP) is 5.17. The number of ketones is 1. The van der Waals surface area contributed by atoms with Crippen molar-refractivity contribution in [1.82, 2.24) is 13.8 Å². The Morgan fingerprint density at radius 3 is 2.57 bits per heavy atom. The molecule has 4 aromatic rings. The molecule has 184 valence electrons. The lowest BCUT2D eigenvalue weighted by atomic mass is 10.1. The van der Waals surface area contributed by atoms with Crippen molar-refractivity contribution in [3.63, 3.8) is 0 Å². The van der Waals surface area contributed by atoms with Crippen LogP contribution < -0.4 is 4.74 Å². The van der Waals surface area contributed by atoms with Crippen LogP contribution in [0.2, 0.25) is 5.02 Å². The lowest BCUT2D eigenvalue weighted by Gasteiger charge is -2.10. The third-order valence-electron chi connectivity index (χ3n) is 5.64. The van der Waals surface area contributed by atoms with Gasteiger partial charge in [0.1, 0.15) is 12.4 Å². The maximum absolute atomic E-state index is 15.0. The second-order valence-corrected chi connectivity index (χ2v) is 10.6. The van der Waals surface area contributed by atoms with Gasteiger partial charge in [-0.25, -0.2) is 16.8 Å². The van der Waals surface area contributed by atoms with E-state index in [1.54, 1.807) is 23.0 Å². The fourth-order valence-electron chi connectivity index (χ4n) is 3.83. The van der Waals surface area contributed by atoms with Crippen molar-refractivity contribution in [2.45, 2.75) is 44.6 Å². The van der Waals surface area contributed by atoms with Crippen molar-refractivity contribution in [3.8, 4) is 5.75 Å². The Hall–Kier alpha value is -3.17. The first-order valence-corrected chi connectivity index (χ1v) is 12.9. The van der Waals surface area contributed by atoms with E-state index in [9.17, 15) is 13.2 Å². The number of aromatic nitrogens is 3. The summed E-state index contributed by atoms with van der Waals surface area (Å²) in [5.41, 5.74) is 1.84. The summed E-state index contributed by atoms with van der Waals surface area (Å²) in [7, 11) is -3.96. The zero-order chi connectivity index (χ0) is 25.2. The van der Waals surface area contributed by atoms with Gasteiger partial charge >= 0.3 is 0 Å². The number of rotatable bonds is 10. The number of hydrogen-bond acceptors (Lipinski definition) is 5. The molecule has 7 nitrogen and oxygen atoms in total. The van der Waals surface area contributed by atoms with Gasteiger partial charge in [0.2, 0.25) is 0 Å². The van der Waals surface area contributed by atoms with Crippen LogP contribution in [0.1, 0.15) is 30.9 Å². The van der Waals surface area contributed by atoms with Gasteiger partial charge in [-0.05, 0) is 50.5 Å². The average molecular weight is 518 g/mol. The summed E-state index contributed by atoms with van der Waals surface area (Å²) in [5, 5.41) is 5.11. The number of Topliss-reactive ketones (excluding diaryl/α,β-unsaturated/α-hetero) is 1. The molecule has 0 aliphatic rings. The number of benzene rings is 2. The Morgan fingerprint density at radius 2 is 1.91 bits per heavy atom. The zero-order valence-electron chi connectivity index (χ0n) is 19.4. The fraction of sp³-hybridized carbons (Fsp3) is 0.280. The van der Waals surface area contributed by atoms with Gasteiger partial charge in [-0.3, -0.25) is 4.68 Å². The molecule has 4 rings (SSSR count). The van der Waals surface area contributed by atoms with Crippen molar-refractivity contribution < 1.29 is 22.3 Å². The molecule has 0 N–H and O–H groups in total. The first kappa shape index (κ1) is 24.9. The second-order valence-electron chi connectivity index (χ2n) is 8.39. The lowest BCUT2D eigenvalue weighted by molar-refractivity contribution is -0.117. The van der Waals surface area contributed by atoms with E-state index in [0.717, 1.165) is 9.54 Å². The summed E-state index contributed by atoms with van der Waals surface area (Å²) in [5.74, 6) is -0.617. The molecule has 0 atom stereocenters. The van der Waals surface area contributed by atoms with Gasteiger partial charge in [-0.15, -0.1) is 0 Å². The molecule has 0 spiro atoms. The number of fused-ring (bicyclic) bond motifs is 1. The largest absolute Gasteiger partial charge is 0.489 e. The topological polar surface area (TPSA) is 83.2 Å². The predicted molar refractivity (Wildman–Crippen MR) is 132 cm³/mol. The molecule has 0 saturated heterocycles. The van der Waals surface area contributed by atoms with E-state index < -0.39 is 15.8 Å². The summed E-state index contributed by atoms with van der Waals surface area (Å²) in [4.78, 5) is 11.5. The molecule has 10 heteroatoms. The van der Waals surface area contributed by atoms with Gasteiger partial charge in [0, 0.05) is 30.3 Å². The van der Waals surface area contributed by atoms with Crippen LogP contribution in [-0.4, -0.2) is 34.6 Å². The van der Waals surface area contributed by atoms with Gasteiger partial charge in [-0.1, -0.05) is 29.3 Å². The zero-order valence-corrected chi connectivity index (χ0v) is 20.9. The number of ether oxygens (including phenoxy) is 1. The van der Waals surface area contributed by atoms with Crippen LogP contribution in [-0.2, 0) is 27.8 Å². The maximum atomic E-state index is 15.0. The van der Waals surface area contributed by atoms with E-state index in [1.807, 2.05) is 6.92 Å². The number of carbonyl (C=O) groups is 1. The van der Waals surface area contributed by atoms with E-state index in [2.05, 4.69) is 5.10 Å². The van der Waals surface area contributed by atoms with E-state index >= 15 is 4.39 Å². The smallest absolute Gasteiger partial charge is 0.268 e. The summed E-state index contributed by atoms with van der Waals surface area (Å²) in [6, 6.07) is 9.18. The molecular weight excluding hydrogens is 493 g/mol. The Labute approximate surface area is 208 Å². The normalized spacial score (nSPS) is 11.8. The molecule has 0 amide bonds. The summed E-state index contributed by atoms with van der Waals surface area (Å²) in [6.45, 7) is 3.88. The van der Waals surface area contributed by atoms with E-state index in [0.29, 0.717) is 41.8 Å². The third kappa shape index (κ3) is 5.57. The standard InChI is InChI=1S/C25H25ClFN3O4S/c1-17-6-8-21(9-7-17)35(32,33)30-15-19(5-3-4-18(2)31)22-12-25(23(27)13-24(22)30)34-11-10-29-16-20(26)14-28-29/h6-9,12-16H,3-5,10-11H2,1-2H3. The quantitative estimate of drug-likeness (QED) is 0.290. The van der Waals surface area contributed by atoms with Gasteiger partial charge in [0.15, 0.2) is 11.6 Å². The first-order chi connectivity index (χ1) is 16.6. The molecule has 2 heterocycles. The third-order valence-corrected chi connectivity index (χ3v) is 7.52. The highest BCUT2D eigenvalue weighted by Gasteiger charge is 2.23. The SMILES string of the molecule is CC(=O)CCCc1cn(S(=O)(=O)c2ccc(C)cc2)c2cc(F)c(OCCn3cc(Cl)cn3)cc12. The van der Waals surface area contributed by atoms with Crippen molar-refractivity contribution >= 4 is 38.3 Å². The van der Waals surface area contributed by atoms with Crippen LogP contribution >= 0.6 is 11.6 Å². The van der Waals surface area contributed by atoms with Crippen molar-refractivity contribution in [3.05, 3.63) is 77.0 Å². The molecule has 0 aliphatic carbocycles. The highest BCUT2D eigenvalue weighted by molar-refractivity contribution is 7.90. The molecular formula is C25H25ClFN3O4S. The molecule has 35 heavy (non-hydrogen) atoms. The molecule has 0 unspecified atom stereocenters. The number of aryl methyl sites for hydroxylation is 2. The number of hydrogen-bond donors (Lipinski definition) is 0. The maximum Gasteiger partial charge on any atom is 0.268 e. The van der Waals surface area contributed by atoms with Crippen LogP contribution in [0.4, 0.5) is 4.39 Å². The van der Waals surface area contributed by atoms with Crippen molar-refractivity contribution in [2.75, 3.05) is 6.61 Å². The van der Waals surface area contributed by atoms with Crippen molar-refractivity contribution in [2.24, 2.45) is 0 Å². The minimum Gasteiger partial charge on any atom is -0.489 e. The number of halogens is 2. The Kier molecular flexibility index (Phi) is 7.28. The molecule has 2 aromatic carbocycles. The molecule has 0 radical (unpaired) electrons. The summed E-state index contributed by atoms with van der Waals surface area (Å²) >= 11 is 5.86. The molecule has 0 saturated carbocycles. The highest BCUT2D eigenvalue weighted by atomic mass is 35.5. The lowest BCUT2D eigenvalue weighted by Crippen LogP contribution is -2.12. The highest BCUT2D eigenvalue weighted by Crippen LogP contribution is 2.32. The van der Waals surface area contributed by atoms with Crippen LogP contribution in [0.15, 0.2) is 59.9 Å². The van der Waals surface area contributed by atoms with Crippen LogP contribution in [0.25, 0.3) is 10.9 Å². The molecule has 2 aromatic heterocycles. The first-order valence-electron chi connectivity index (χ1n) is 11.1. The Bertz CT molecular complexity index is 1480. The van der Waals surface area contributed by atoms with Gasteiger partial charge in [0.05, 0.1) is 28.2 Å². The minimum absolute atomic E-state index is 0.00838.